The van der Waals surface area contributed by atoms with Crippen LogP contribution < -0.4 is 48.0 Å². The third-order valence-corrected chi connectivity index (χ3v) is 12.6. The minimum absolute atomic E-state index is 0. The Labute approximate surface area is 546 Å². The molecule has 8 aromatic carbocycles. The first kappa shape index (κ1) is 72.2. The van der Waals surface area contributed by atoms with Crippen molar-refractivity contribution < 1.29 is 28.5 Å². The average molecular weight is 1300 g/mol. The SMILES string of the molecule is CC(=O)c1ccc(Oc2ccccc2)cc1.N.N=CN.NC=O.Nc1ncnc2[nH]cc(-c3ccc(Oc4ccccc4)cc3)c12.[C-]#[N+]/C(C#N)=C(/CBr)c1ccc(Oc2ccccc2)cc1.[C-]#[N+]CC#N.[C-]#[N+]c1c(-c2ccc(Oc3ccccc3)cc2)c[nH]c1N. The second kappa shape index (κ2) is 40.2. The quantitative estimate of drug-likeness (QED) is 0.00778. The first-order chi connectivity index (χ1) is 44.9. The summed E-state index contributed by atoms with van der Waals surface area (Å²) in [5, 5.41) is 23.7. The molecule has 93 heavy (non-hydrogen) atoms. The molecule has 0 spiro atoms. The van der Waals surface area contributed by atoms with E-state index in [-0.39, 0.29) is 30.6 Å². The van der Waals surface area contributed by atoms with E-state index in [0.717, 1.165) is 85.4 Å². The van der Waals surface area contributed by atoms with E-state index < -0.39 is 0 Å². The fraction of sp³-hybridized carbons (Fsp3) is 0.0423. The molecule has 0 radical (unpaired) electrons. The lowest BCUT2D eigenvalue weighted by Gasteiger charge is -2.08. The van der Waals surface area contributed by atoms with Crippen LogP contribution in [0.1, 0.15) is 22.8 Å². The Morgan fingerprint density at radius 2 is 0.957 bits per heavy atom. The van der Waals surface area contributed by atoms with Crippen LogP contribution in [0.3, 0.4) is 0 Å². The van der Waals surface area contributed by atoms with Gasteiger partial charge in [-0.1, -0.05) is 125 Å². The maximum atomic E-state index is 11.1. The number of nitriles is 2. The number of primary amides is 1. The number of allylic oxidation sites excluding steroid dienone is 2. The van der Waals surface area contributed by atoms with Crippen molar-refractivity contribution in [1.82, 2.24) is 26.1 Å². The lowest BCUT2D eigenvalue weighted by atomic mass is 10.1. The van der Waals surface area contributed by atoms with Crippen molar-refractivity contribution in [1.29, 1.82) is 15.9 Å². The van der Waals surface area contributed by atoms with Gasteiger partial charge >= 0.3 is 0 Å². The molecule has 22 heteroatoms. The fourth-order valence-electron chi connectivity index (χ4n) is 7.84. The van der Waals surface area contributed by atoms with Crippen molar-refractivity contribution in [3.05, 3.63) is 288 Å². The predicted molar refractivity (Wildman–Crippen MR) is 368 cm³/mol. The number of ether oxygens (including phenoxy) is 4. The van der Waals surface area contributed by atoms with Crippen LogP contribution in [-0.4, -0.2) is 50.3 Å². The molecule has 0 saturated carbocycles. The zero-order valence-corrected chi connectivity index (χ0v) is 51.6. The highest BCUT2D eigenvalue weighted by Crippen LogP contribution is 2.37. The summed E-state index contributed by atoms with van der Waals surface area (Å²) in [4.78, 5) is 43.4. The molecule has 11 aromatic rings. The summed E-state index contributed by atoms with van der Waals surface area (Å²) in [5.74, 6) is 7.05. The normalized spacial score (nSPS) is 9.60. The maximum Gasteiger partial charge on any atom is 0.298 e. The molecule has 0 aliphatic carbocycles. The van der Waals surface area contributed by atoms with Crippen LogP contribution in [0, 0.1) is 47.8 Å². The molecule has 21 nitrogen and oxygen atoms in total. The Morgan fingerprint density at radius 3 is 1.29 bits per heavy atom. The second-order valence-electron chi connectivity index (χ2n) is 18.0. The molecule has 0 atom stereocenters. The van der Waals surface area contributed by atoms with Gasteiger partial charge in [0.1, 0.15) is 75.7 Å². The number of benzene rings is 8. The monoisotopic (exact) mass is 1300 g/mol. The lowest BCUT2D eigenvalue weighted by Crippen LogP contribution is -1.92. The number of nitrogens with two attached hydrogens (primary N) is 4. The summed E-state index contributed by atoms with van der Waals surface area (Å²) in [6.45, 7) is 21.8. The topological polar surface area (TPSA) is 352 Å². The number of carbonyl (C=O) groups excluding carboxylic acids is 2. The lowest BCUT2D eigenvalue weighted by molar-refractivity contribution is -0.106. The molecule has 0 aliphatic rings. The number of fused-ring (bicyclic) bond motifs is 1. The molecule has 0 bridgehead atoms. The molecule has 14 N–H and O–H groups in total. The molecular formula is C71H62BrN15O6. The third kappa shape index (κ3) is 23.4. The molecule has 0 aliphatic heterocycles. The summed E-state index contributed by atoms with van der Waals surface area (Å²) >= 11 is 3.32. The number of H-pyrrole nitrogens is 2. The number of anilines is 2. The van der Waals surface area contributed by atoms with Gasteiger partial charge in [-0.25, -0.2) is 31.5 Å². The number of ketones is 1. The van der Waals surface area contributed by atoms with Crippen molar-refractivity contribution in [2.75, 3.05) is 23.3 Å². The number of hydrogen-bond donors (Lipinski definition) is 8. The number of nitrogen functional groups attached to an aromatic ring is 2. The highest BCUT2D eigenvalue weighted by molar-refractivity contribution is 9.09. The molecule has 1 amide bonds. The number of nitrogens with zero attached hydrogens (tertiary/aromatic N) is 7. The molecule has 0 saturated heterocycles. The number of hydrogen-bond acceptors (Lipinski definition) is 14. The van der Waals surface area contributed by atoms with Gasteiger partial charge in [0.2, 0.25) is 12.1 Å². The largest absolute Gasteiger partial charge is 0.457 e. The van der Waals surface area contributed by atoms with Crippen molar-refractivity contribution in [2.45, 2.75) is 6.92 Å². The van der Waals surface area contributed by atoms with Gasteiger partial charge in [-0.15, -0.1) is 0 Å². The van der Waals surface area contributed by atoms with Crippen LogP contribution in [0.5, 0.6) is 46.0 Å². The smallest absolute Gasteiger partial charge is 0.298 e. The predicted octanol–water partition coefficient (Wildman–Crippen LogP) is 16.6. The van der Waals surface area contributed by atoms with Gasteiger partial charge in [-0.05, 0) is 145 Å². The van der Waals surface area contributed by atoms with Crippen molar-refractivity contribution >= 4 is 68.4 Å². The number of aromatic amines is 2. The Morgan fingerprint density at radius 1 is 0.591 bits per heavy atom. The van der Waals surface area contributed by atoms with Crippen LogP contribution in [0.4, 0.5) is 17.3 Å². The Bertz CT molecular complexity index is 4300. The van der Waals surface area contributed by atoms with Crippen LogP contribution >= 0.6 is 15.9 Å². The summed E-state index contributed by atoms with van der Waals surface area (Å²) < 4.78 is 22.9. The number of carbonyl (C=O) groups is 2. The number of para-hydroxylation sites is 4. The summed E-state index contributed by atoms with van der Waals surface area (Å²) in [5.41, 5.74) is 27.5. The number of halogens is 1. The first-order valence-electron chi connectivity index (χ1n) is 27.3. The number of aromatic nitrogens is 4. The van der Waals surface area contributed by atoms with E-state index in [1.807, 2.05) is 206 Å². The van der Waals surface area contributed by atoms with Gasteiger partial charge in [0.05, 0.1) is 30.9 Å². The van der Waals surface area contributed by atoms with E-state index in [4.69, 9.17) is 70.9 Å². The second-order valence-corrected chi connectivity index (χ2v) is 18.6. The average Bonchev–Trinajstić information content (AvgIpc) is 1.72. The van der Waals surface area contributed by atoms with Crippen LogP contribution in [0.25, 0.3) is 53.4 Å². The highest BCUT2D eigenvalue weighted by Gasteiger charge is 2.13. The highest BCUT2D eigenvalue weighted by atomic mass is 79.9. The summed E-state index contributed by atoms with van der Waals surface area (Å²) in [6.07, 6.45) is 6.09. The number of amides is 1. The minimum Gasteiger partial charge on any atom is -0.457 e. The first-order valence-corrected chi connectivity index (χ1v) is 28.4. The van der Waals surface area contributed by atoms with E-state index >= 15 is 0 Å². The van der Waals surface area contributed by atoms with Crippen molar-refractivity contribution in [3.8, 4) is 80.4 Å². The van der Waals surface area contributed by atoms with Gasteiger partial charge in [0, 0.05) is 28.2 Å². The van der Waals surface area contributed by atoms with Crippen molar-refractivity contribution in [2.24, 2.45) is 11.5 Å². The number of nitrogens with one attached hydrogen (secondary N) is 3. The Hall–Kier alpha value is -13.3. The van der Waals surface area contributed by atoms with Crippen molar-refractivity contribution in [3.63, 3.8) is 0 Å². The Kier molecular flexibility index (Phi) is 31.2. The maximum absolute atomic E-state index is 11.1. The van der Waals surface area contributed by atoms with E-state index in [0.29, 0.717) is 39.5 Å². The minimum atomic E-state index is -0.0139. The van der Waals surface area contributed by atoms with Crippen LogP contribution in [0.15, 0.2) is 243 Å². The summed E-state index contributed by atoms with van der Waals surface area (Å²) in [6, 6.07) is 71.8. The van der Waals surface area contributed by atoms with E-state index in [1.54, 1.807) is 43.5 Å². The van der Waals surface area contributed by atoms with Gasteiger partial charge in [0.15, 0.2) is 5.78 Å². The fourth-order valence-corrected chi connectivity index (χ4v) is 8.43. The number of rotatable bonds is 13. The number of Topliss-reactive ketones (excluding diaryl/α,β-unsaturated/α-hetero) is 1. The summed E-state index contributed by atoms with van der Waals surface area (Å²) in [7, 11) is 0. The van der Waals surface area contributed by atoms with Crippen LogP contribution in [-0.2, 0) is 4.79 Å². The molecule has 3 heterocycles. The van der Waals surface area contributed by atoms with Gasteiger partial charge in [-0.2, -0.15) is 5.26 Å². The third-order valence-electron chi connectivity index (χ3n) is 12.0. The molecular weight excluding hydrogens is 1240 g/mol. The molecule has 11 rings (SSSR count). The zero-order valence-electron chi connectivity index (χ0n) is 50.1. The molecule has 3 aromatic heterocycles. The molecule has 0 fully saturated rings. The molecule has 464 valence electrons. The number of alkyl halides is 1. The van der Waals surface area contributed by atoms with Gasteiger partial charge in [0.25, 0.3) is 12.2 Å². The zero-order chi connectivity index (χ0) is 66.3. The van der Waals surface area contributed by atoms with E-state index in [2.05, 4.69) is 61.9 Å². The van der Waals surface area contributed by atoms with Gasteiger partial charge in [-0.3, -0.25) is 15.0 Å². The van der Waals surface area contributed by atoms with Gasteiger partial charge < -0.3 is 62.8 Å². The van der Waals surface area contributed by atoms with Crippen LogP contribution in [0.2, 0.25) is 0 Å². The molecule has 0 unspecified atom stereocenters. The van der Waals surface area contributed by atoms with E-state index in [9.17, 15) is 4.79 Å². The standard InChI is InChI=1S/C18H14N4O.C17H11BrN2O.C17H13N3O.C14H12O2.C3H2N2.CH4N2.CH3NO.H3N/c19-17-16-15(10-20-18(16)22-11-21-17)12-6-8-14(9-7-12)23-13-4-2-1-3-5-13;1-20-17(12-19)16(11-18)13-7-9-15(10-8-13)21-14-5-3-2-4-6-14;1-19-16-15(11-20-17(16)18)12-7-9-14(10-8-12)21-13-5-3-2-4-6-13;1-11(15)12-7-9-14(10-8-12)16-13-5-3-2-4-6-13;1-5-3-2-4;2*2-1-3;/h1-11H,(H3,19,20,21,22);2-10H,11H2;2-11,20H,18H2;2-10H,1H3;3H2;1H,(H3,2,3);1H,(H2,2,3);1H3/b;17-16-;;;;;;. The van der Waals surface area contributed by atoms with E-state index in [1.165, 1.54) is 6.33 Å². The Balaban J connectivity index is 0.000000251.